The molecule has 1 aromatic carbocycles. The van der Waals surface area contributed by atoms with Crippen molar-refractivity contribution in [3.05, 3.63) is 28.3 Å². The van der Waals surface area contributed by atoms with Gasteiger partial charge in [-0.3, -0.25) is 4.79 Å². The second kappa shape index (κ2) is 8.21. The molecule has 1 aliphatic heterocycles. The molecular formula is C17H20N2O7S. The maximum absolute atomic E-state index is 12.0. The minimum absolute atomic E-state index is 0.222. The highest BCUT2D eigenvalue weighted by atomic mass is 32.2. The normalized spacial score (nSPS) is 17.1. The maximum atomic E-state index is 12.0. The number of carboxylic acid groups (broad SMARTS) is 1. The molecule has 0 aromatic heterocycles. The number of carboxylic acids is 1. The van der Waals surface area contributed by atoms with E-state index in [1.807, 2.05) is 0 Å². The van der Waals surface area contributed by atoms with Crippen molar-refractivity contribution in [2.24, 2.45) is 5.16 Å². The maximum Gasteiger partial charge on any atom is 0.375 e. The van der Waals surface area contributed by atoms with Crippen LogP contribution in [0.4, 0.5) is 0 Å². The van der Waals surface area contributed by atoms with Crippen LogP contribution in [-0.4, -0.2) is 54.1 Å². The van der Waals surface area contributed by atoms with Gasteiger partial charge in [0.2, 0.25) is 5.75 Å². The topological polar surface area (TPSA) is 118 Å². The van der Waals surface area contributed by atoms with Crippen molar-refractivity contribution < 1.29 is 34.1 Å². The molecule has 0 radical (unpaired) electrons. The minimum Gasteiger partial charge on any atom is -0.493 e. The van der Waals surface area contributed by atoms with Crippen LogP contribution in [0.15, 0.2) is 27.9 Å². The number of ether oxygens (including phenoxy) is 3. The molecule has 0 saturated carbocycles. The van der Waals surface area contributed by atoms with Crippen LogP contribution in [0, 0.1) is 0 Å². The fraction of sp³-hybridized carbons (Fsp3) is 0.353. The molecule has 27 heavy (non-hydrogen) atoms. The zero-order valence-corrected chi connectivity index (χ0v) is 16.3. The Kier molecular flexibility index (Phi) is 6.21. The van der Waals surface area contributed by atoms with E-state index >= 15 is 0 Å². The largest absolute Gasteiger partial charge is 0.493 e. The van der Waals surface area contributed by atoms with Gasteiger partial charge in [-0.1, -0.05) is 16.9 Å². The third-order valence-corrected chi connectivity index (χ3v) is 5.48. The van der Waals surface area contributed by atoms with Crippen LogP contribution in [0.3, 0.4) is 0 Å². The van der Waals surface area contributed by atoms with Gasteiger partial charge in [0.05, 0.1) is 26.2 Å². The molecule has 10 heteroatoms. The number of allylic oxidation sites excluding steroid dienone is 2. The Morgan fingerprint density at radius 3 is 2.07 bits per heavy atom. The van der Waals surface area contributed by atoms with Crippen LogP contribution in [-0.2, 0) is 9.59 Å². The Labute approximate surface area is 160 Å². The molecule has 1 heterocycles. The van der Waals surface area contributed by atoms with Crippen LogP contribution in [0.2, 0.25) is 0 Å². The van der Waals surface area contributed by atoms with Crippen molar-refractivity contribution in [2.45, 2.75) is 19.2 Å². The molecule has 2 rings (SSSR count). The van der Waals surface area contributed by atoms with Crippen LogP contribution >= 0.6 is 11.8 Å². The highest BCUT2D eigenvalue weighted by Gasteiger charge is 2.39. The molecular weight excluding hydrogens is 376 g/mol. The lowest BCUT2D eigenvalue weighted by atomic mass is 10.1. The number of amidine groups is 1. The first-order valence-corrected chi connectivity index (χ1v) is 8.61. The molecule has 0 spiro atoms. The van der Waals surface area contributed by atoms with Crippen LogP contribution < -0.4 is 14.2 Å². The minimum atomic E-state index is -1.43. The van der Waals surface area contributed by atoms with Gasteiger partial charge < -0.3 is 29.4 Å². The van der Waals surface area contributed by atoms with Crippen LogP contribution in [0.5, 0.6) is 17.2 Å². The van der Waals surface area contributed by atoms with Crippen molar-refractivity contribution in [1.82, 2.24) is 4.90 Å². The summed E-state index contributed by atoms with van der Waals surface area (Å²) in [6, 6.07) is 3.30. The van der Waals surface area contributed by atoms with E-state index in [4.69, 9.17) is 14.2 Å². The number of Topliss-reactive ketones (excluding diaryl/α,β-unsaturated/α-hetero) is 1. The molecule has 2 N–H and O–H groups in total. The summed E-state index contributed by atoms with van der Waals surface area (Å²) in [6.07, 6.45) is 0. The molecule has 1 aliphatic rings. The molecule has 0 aliphatic carbocycles. The number of hydrogen-bond acceptors (Lipinski definition) is 8. The number of nitrogens with zero attached hydrogens (tertiary/aromatic N) is 2. The third kappa shape index (κ3) is 3.65. The predicted octanol–water partition coefficient (Wildman–Crippen LogP) is 2.45. The number of rotatable bonds is 5. The van der Waals surface area contributed by atoms with E-state index in [1.54, 1.807) is 19.1 Å². The summed E-state index contributed by atoms with van der Waals surface area (Å²) >= 11 is 1.15. The molecule has 1 atom stereocenters. The van der Waals surface area contributed by atoms with Crippen molar-refractivity contribution in [3.63, 3.8) is 0 Å². The first kappa shape index (κ1) is 20.4. The van der Waals surface area contributed by atoms with Crippen molar-refractivity contribution in [2.75, 3.05) is 21.3 Å². The number of oxime groups is 1. The Balaban J connectivity index is 2.66. The second-order valence-electron chi connectivity index (χ2n) is 5.50. The van der Waals surface area contributed by atoms with E-state index in [9.17, 15) is 19.9 Å². The average molecular weight is 396 g/mol. The molecule has 0 fully saturated rings. The number of aliphatic carboxylic acids is 1. The van der Waals surface area contributed by atoms with Gasteiger partial charge in [-0.15, -0.1) is 0 Å². The smallest absolute Gasteiger partial charge is 0.375 e. The standard InChI is InChI=1S/C17H20N2O7S/c1-8-14(9(2)20)27-16(19(8)15(18-23)17(21)22)10-6-11(24-3)13(26-5)12(7-10)25-4/h6-7,16,23H,1-5H3,(H,21,22). The highest BCUT2D eigenvalue weighted by Crippen LogP contribution is 2.51. The van der Waals surface area contributed by atoms with E-state index in [-0.39, 0.29) is 5.78 Å². The van der Waals surface area contributed by atoms with Crippen molar-refractivity contribution in [3.8, 4) is 17.2 Å². The fourth-order valence-corrected chi connectivity index (χ4v) is 4.09. The van der Waals surface area contributed by atoms with Gasteiger partial charge in [0.25, 0.3) is 5.84 Å². The zero-order chi connectivity index (χ0) is 20.3. The van der Waals surface area contributed by atoms with Crippen molar-refractivity contribution in [1.29, 1.82) is 0 Å². The van der Waals surface area contributed by atoms with E-state index in [0.29, 0.717) is 33.4 Å². The van der Waals surface area contributed by atoms with E-state index in [0.717, 1.165) is 11.8 Å². The number of carbonyl (C=O) groups is 2. The van der Waals surface area contributed by atoms with E-state index in [1.165, 1.54) is 33.2 Å². The molecule has 1 aromatic rings. The van der Waals surface area contributed by atoms with Gasteiger partial charge in [0.15, 0.2) is 17.3 Å². The first-order chi connectivity index (χ1) is 12.8. The summed E-state index contributed by atoms with van der Waals surface area (Å²) in [6.45, 7) is 2.98. The Hall–Kier alpha value is -2.88. The molecule has 1 unspecified atom stereocenters. The number of thioether (sulfide) groups is 1. The summed E-state index contributed by atoms with van der Waals surface area (Å²) in [7, 11) is 4.39. The Morgan fingerprint density at radius 2 is 1.70 bits per heavy atom. The average Bonchev–Trinajstić information content (AvgIpc) is 2.98. The predicted molar refractivity (Wildman–Crippen MR) is 98.5 cm³/mol. The van der Waals surface area contributed by atoms with Crippen LogP contribution in [0.25, 0.3) is 0 Å². The lowest BCUT2D eigenvalue weighted by Crippen LogP contribution is -2.35. The molecule has 146 valence electrons. The van der Waals surface area contributed by atoms with Gasteiger partial charge in [-0.05, 0) is 31.5 Å². The van der Waals surface area contributed by atoms with Crippen molar-refractivity contribution >= 4 is 29.4 Å². The van der Waals surface area contributed by atoms with E-state index in [2.05, 4.69) is 5.16 Å². The summed E-state index contributed by atoms with van der Waals surface area (Å²) < 4.78 is 16.0. The SMILES string of the molecule is COc1cc(C2SC(C(C)=O)=C(C)N2C(=NO)C(=O)O)cc(OC)c1OC. The number of hydrogen-bond donors (Lipinski definition) is 2. The molecule has 0 bridgehead atoms. The number of ketones is 1. The summed E-state index contributed by atoms with van der Waals surface area (Å²) in [5.74, 6) is -1.13. The fourth-order valence-electron chi connectivity index (χ4n) is 2.80. The molecule has 9 nitrogen and oxygen atoms in total. The first-order valence-electron chi connectivity index (χ1n) is 7.73. The van der Waals surface area contributed by atoms with Crippen LogP contribution in [0.1, 0.15) is 24.8 Å². The van der Waals surface area contributed by atoms with Gasteiger partial charge in [0.1, 0.15) is 5.37 Å². The molecule has 0 saturated heterocycles. The number of methoxy groups -OCH3 is 3. The quantitative estimate of drug-likeness (QED) is 0.335. The lowest BCUT2D eigenvalue weighted by Gasteiger charge is -2.27. The monoisotopic (exact) mass is 396 g/mol. The van der Waals surface area contributed by atoms with Gasteiger partial charge in [-0.2, -0.15) is 0 Å². The Bertz CT molecular complexity index is 810. The second-order valence-corrected chi connectivity index (χ2v) is 6.59. The summed E-state index contributed by atoms with van der Waals surface area (Å²) in [4.78, 5) is 25.2. The van der Waals surface area contributed by atoms with Gasteiger partial charge >= 0.3 is 5.97 Å². The zero-order valence-electron chi connectivity index (χ0n) is 15.5. The molecule has 0 amide bonds. The summed E-state index contributed by atoms with van der Waals surface area (Å²) in [5, 5.41) is 20.9. The van der Waals surface area contributed by atoms with Gasteiger partial charge in [-0.25, -0.2) is 4.79 Å². The lowest BCUT2D eigenvalue weighted by molar-refractivity contribution is -0.130. The number of carbonyl (C=O) groups excluding carboxylic acids is 1. The highest BCUT2D eigenvalue weighted by molar-refractivity contribution is 8.04. The third-order valence-electron chi connectivity index (χ3n) is 3.96. The van der Waals surface area contributed by atoms with Gasteiger partial charge in [0, 0.05) is 5.70 Å². The summed E-state index contributed by atoms with van der Waals surface area (Å²) in [5.41, 5.74) is 0.953. The van der Waals surface area contributed by atoms with E-state index < -0.39 is 17.2 Å². The Morgan fingerprint density at radius 1 is 1.15 bits per heavy atom. The number of benzene rings is 1.